The molecule has 7 heteroatoms. The minimum atomic E-state index is -4.30. The molecule has 1 aliphatic heterocycles. The molecule has 0 spiro atoms. The Hall–Kier alpha value is -1.86. The lowest BCUT2D eigenvalue weighted by molar-refractivity contribution is -0.138. The first kappa shape index (κ1) is 17.0. The summed E-state index contributed by atoms with van der Waals surface area (Å²) in [6.45, 7) is 4.45. The summed E-state index contributed by atoms with van der Waals surface area (Å²) < 4.78 is 44.3. The van der Waals surface area contributed by atoms with E-state index in [1.807, 2.05) is 6.07 Å². The van der Waals surface area contributed by atoms with Gasteiger partial charge in [0.15, 0.2) is 0 Å². The Labute approximate surface area is 138 Å². The first-order chi connectivity index (χ1) is 11.5. The van der Waals surface area contributed by atoms with Crippen LogP contribution in [0, 0.1) is 0 Å². The second-order valence-corrected chi connectivity index (χ2v) is 6.00. The molecule has 3 rings (SSSR count). The zero-order chi connectivity index (χ0) is 17.0. The predicted molar refractivity (Wildman–Crippen MR) is 83.4 cm³/mol. The number of nitrogens with zero attached hydrogens (tertiary/aromatic N) is 3. The van der Waals surface area contributed by atoms with Crippen LogP contribution in [0.3, 0.4) is 0 Å². The number of piperazine rings is 1. The van der Waals surface area contributed by atoms with Crippen LogP contribution >= 0.6 is 0 Å². The number of hydrogen-bond acceptors (Lipinski definition) is 4. The molecule has 0 unspecified atom stereocenters. The Bertz CT molecular complexity index is 635. The summed E-state index contributed by atoms with van der Waals surface area (Å²) >= 11 is 0. The van der Waals surface area contributed by atoms with Gasteiger partial charge in [-0.3, -0.25) is 4.90 Å². The highest BCUT2D eigenvalue weighted by Gasteiger charge is 2.33. The molecule has 4 nitrogen and oxygen atoms in total. The van der Waals surface area contributed by atoms with Crippen LogP contribution in [-0.4, -0.2) is 47.7 Å². The second kappa shape index (κ2) is 7.36. The van der Waals surface area contributed by atoms with Gasteiger partial charge in [-0.25, -0.2) is 0 Å². The molecule has 2 heterocycles. The van der Waals surface area contributed by atoms with Gasteiger partial charge in [0.1, 0.15) is 5.76 Å². The first-order valence-corrected chi connectivity index (χ1v) is 8.02. The quantitative estimate of drug-likeness (QED) is 0.838. The molecular formula is C17H20F3N3O. The smallest absolute Gasteiger partial charge is 0.361 e. The van der Waals surface area contributed by atoms with E-state index in [9.17, 15) is 13.2 Å². The number of alkyl halides is 3. The Balaban J connectivity index is 1.51. The fourth-order valence-corrected chi connectivity index (χ4v) is 2.99. The molecule has 1 saturated heterocycles. The van der Waals surface area contributed by atoms with Crippen molar-refractivity contribution in [2.24, 2.45) is 0 Å². The zero-order valence-electron chi connectivity index (χ0n) is 13.3. The van der Waals surface area contributed by atoms with E-state index in [0.29, 0.717) is 12.1 Å². The van der Waals surface area contributed by atoms with E-state index < -0.39 is 11.7 Å². The number of benzene rings is 1. The molecule has 1 aromatic heterocycles. The van der Waals surface area contributed by atoms with E-state index in [4.69, 9.17) is 4.52 Å². The maximum Gasteiger partial charge on any atom is 0.416 e. The lowest BCUT2D eigenvalue weighted by Gasteiger charge is -2.35. The Morgan fingerprint density at radius 2 is 1.71 bits per heavy atom. The van der Waals surface area contributed by atoms with Crippen molar-refractivity contribution < 1.29 is 17.7 Å². The van der Waals surface area contributed by atoms with Crippen LogP contribution < -0.4 is 0 Å². The van der Waals surface area contributed by atoms with E-state index in [2.05, 4.69) is 15.0 Å². The summed E-state index contributed by atoms with van der Waals surface area (Å²) in [4.78, 5) is 4.38. The molecule has 0 saturated carbocycles. The van der Waals surface area contributed by atoms with Gasteiger partial charge in [0.2, 0.25) is 0 Å². The van der Waals surface area contributed by atoms with Crippen LogP contribution in [0.2, 0.25) is 0 Å². The SMILES string of the molecule is FC(F)(F)c1ccccc1CN1CCN(CCc2ccno2)CC1. The number of rotatable bonds is 5. The van der Waals surface area contributed by atoms with E-state index in [1.165, 1.54) is 6.07 Å². The van der Waals surface area contributed by atoms with E-state index in [0.717, 1.165) is 51.0 Å². The van der Waals surface area contributed by atoms with Crippen molar-refractivity contribution in [2.45, 2.75) is 19.1 Å². The lowest BCUT2D eigenvalue weighted by Crippen LogP contribution is -2.46. The topological polar surface area (TPSA) is 32.5 Å². The molecule has 130 valence electrons. The van der Waals surface area contributed by atoms with Crippen molar-refractivity contribution in [3.05, 3.63) is 53.4 Å². The Kier molecular flexibility index (Phi) is 5.20. The monoisotopic (exact) mass is 339 g/mol. The van der Waals surface area contributed by atoms with Gasteiger partial charge in [-0.15, -0.1) is 0 Å². The molecule has 1 fully saturated rings. The van der Waals surface area contributed by atoms with Crippen LogP contribution in [0.5, 0.6) is 0 Å². The van der Waals surface area contributed by atoms with Crippen molar-refractivity contribution in [1.82, 2.24) is 15.0 Å². The molecule has 0 atom stereocenters. The van der Waals surface area contributed by atoms with Gasteiger partial charge >= 0.3 is 6.18 Å². The van der Waals surface area contributed by atoms with Gasteiger partial charge < -0.3 is 9.42 Å². The van der Waals surface area contributed by atoms with Gasteiger partial charge in [0, 0.05) is 51.8 Å². The molecular weight excluding hydrogens is 319 g/mol. The van der Waals surface area contributed by atoms with Crippen LogP contribution in [0.25, 0.3) is 0 Å². The summed E-state index contributed by atoms with van der Waals surface area (Å²) in [7, 11) is 0. The number of halogens is 3. The van der Waals surface area contributed by atoms with Crippen molar-refractivity contribution in [3.63, 3.8) is 0 Å². The average molecular weight is 339 g/mol. The van der Waals surface area contributed by atoms with Crippen molar-refractivity contribution in [3.8, 4) is 0 Å². The molecule has 1 aliphatic rings. The maximum absolute atomic E-state index is 13.1. The van der Waals surface area contributed by atoms with E-state index in [-0.39, 0.29) is 0 Å². The summed E-state index contributed by atoms with van der Waals surface area (Å²) in [6, 6.07) is 7.68. The molecule has 0 N–H and O–H groups in total. The summed E-state index contributed by atoms with van der Waals surface area (Å²) in [5, 5.41) is 3.68. The number of aromatic nitrogens is 1. The van der Waals surface area contributed by atoms with Gasteiger partial charge in [-0.2, -0.15) is 13.2 Å². The second-order valence-electron chi connectivity index (χ2n) is 6.00. The van der Waals surface area contributed by atoms with Crippen LogP contribution in [0.4, 0.5) is 13.2 Å². The van der Waals surface area contributed by atoms with Gasteiger partial charge in [-0.1, -0.05) is 23.4 Å². The van der Waals surface area contributed by atoms with Crippen LogP contribution in [-0.2, 0) is 19.1 Å². The molecule has 0 amide bonds. The third kappa shape index (κ3) is 4.36. The fraction of sp³-hybridized carbons (Fsp3) is 0.471. The fourth-order valence-electron chi connectivity index (χ4n) is 2.99. The molecule has 0 aliphatic carbocycles. The third-order valence-electron chi connectivity index (χ3n) is 4.35. The zero-order valence-corrected chi connectivity index (χ0v) is 13.3. The molecule has 24 heavy (non-hydrogen) atoms. The lowest BCUT2D eigenvalue weighted by atomic mass is 10.1. The minimum Gasteiger partial charge on any atom is -0.361 e. The largest absolute Gasteiger partial charge is 0.416 e. The van der Waals surface area contributed by atoms with Crippen molar-refractivity contribution in [1.29, 1.82) is 0 Å². The standard InChI is InChI=1S/C17H20F3N3O/c18-17(19,20)16-4-2-1-3-14(16)13-23-11-9-22(10-12-23)8-6-15-5-7-21-24-15/h1-5,7H,6,8-13H2. The van der Waals surface area contributed by atoms with E-state index in [1.54, 1.807) is 18.3 Å². The Morgan fingerprint density at radius 3 is 2.38 bits per heavy atom. The predicted octanol–water partition coefficient (Wildman–Crippen LogP) is 3.05. The highest BCUT2D eigenvalue weighted by Crippen LogP contribution is 2.32. The normalized spacial score (nSPS) is 17.3. The molecule has 2 aromatic rings. The average Bonchev–Trinajstić information content (AvgIpc) is 3.07. The summed E-state index contributed by atoms with van der Waals surface area (Å²) in [5.74, 6) is 0.858. The maximum atomic E-state index is 13.1. The van der Waals surface area contributed by atoms with Crippen molar-refractivity contribution in [2.75, 3.05) is 32.7 Å². The molecule has 0 bridgehead atoms. The summed E-state index contributed by atoms with van der Waals surface area (Å²) in [6.07, 6.45) is -1.86. The van der Waals surface area contributed by atoms with Crippen LogP contribution in [0.1, 0.15) is 16.9 Å². The van der Waals surface area contributed by atoms with Gasteiger partial charge in [0.05, 0.1) is 11.8 Å². The summed E-state index contributed by atoms with van der Waals surface area (Å²) in [5.41, 5.74) is -0.183. The first-order valence-electron chi connectivity index (χ1n) is 8.02. The van der Waals surface area contributed by atoms with Gasteiger partial charge in [0.25, 0.3) is 0 Å². The number of hydrogen-bond donors (Lipinski definition) is 0. The van der Waals surface area contributed by atoms with Gasteiger partial charge in [-0.05, 0) is 11.6 Å². The highest BCUT2D eigenvalue weighted by atomic mass is 19.4. The Morgan fingerprint density at radius 1 is 1.00 bits per heavy atom. The van der Waals surface area contributed by atoms with Crippen LogP contribution in [0.15, 0.2) is 41.1 Å². The van der Waals surface area contributed by atoms with E-state index >= 15 is 0 Å². The third-order valence-corrected chi connectivity index (χ3v) is 4.35. The van der Waals surface area contributed by atoms with Crippen molar-refractivity contribution >= 4 is 0 Å². The molecule has 1 aromatic carbocycles. The highest BCUT2D eigenvalue weighted by molar-refractivity contribution is 5.29. The molecule has 0 radical (unpaired) electrons. The minimum absolute atomic E-state index is 0.339.